The van der Waals surface area contributed by atoms with E-state index in [1.54, 1.807) is 0 Å². The van der Waals surface area contributed by atoms with Crippen LogP contribution in [-0.4, -0.2) is 24.7 Å². The van der Waals surface area contributed by atoms with Gasteiger partial charge in [-0.15, -0.1) is 0 Å². The van der Waals surface area contributed by atoms with Crippen LogP contribution in [-0.2, 0) is 0 Å². The van der Waals surface area contributed by atoms with Gasteiger partial charge in [0.2, 0.25) is 0 Å². The number of piperazine rings is 1. The lowest BCUT2D eigenvalue weighted by atomic mass is 9.84. The van der Waals surface area contributed by atoms with E-state index < -0.39 is 0 Å². The monoisotopic (exact) mass is 126 g/mol. The van der Waals surface area contributed by atoms with Crippen LogP contribution in [0.5, 0.6) is 0 Å². The fraction of sp³-hybridized carbons (Fsp3) is 1.00. The van der Waals surface area contributed by atoms with Crippen molar-refractivity contribution < 1.29 is 0 Å². The maximum absolute atomic E-state index is 3.53. The first kappa shape index (κ1) is 5.69. The second-order valence-corrected chi connectivity index (χ2v) is 3.56. The molecule has 3 aliphatic heterocycles. The van der Waals surface area contributed by atoms with E-state index in [1.165, 1.54) is 19.4 Å². The summed E-state index contributed by atoms with van der Waals surface area (Å²) in [6, 6.07) is 0.770. The summed E-state index contributed by atoms with van der Waals surface area (Å²) in [6.45, 7) is 4.64. The lowest BCUT2D eigenvalue weighted by molar-refractivity contribution is 0.167. The summed E-state index contributed by atoms with van der Waals surface area (Å²) in [5.41, 5.74) is 0.425. The van der Waals surface area contributed by atoms with Gasteiger partial charge in [-0.1, -0.05) is 0 Å². The third kappa shape index (κ3) is 0.864. The molecule has 9 heavy (non-hydrogen) atoms. The lowest BCUT2D eigenvalue weighted by Crippen LogP contribution is -2.66. The Kier molecular flexibility index (Phi) is 1.08. The van der Waals surface area contributed by atoms with Crippen molar-refractivity contribution in [3.63, 3.8) is 0 Å². The SMILES string of the molecule is CC12CCC(CN1)NC2. The van der Waals surface area contributed by atoms with Crippen molar-refractivity contribution in [1.29, 1.82) is 0 Å². The highest BCUT2D eigenvalue weighted by Gasteiger charge is 2.35. The quantitative estimate of drug-likeness (QED) is 0.481. The first-order chi connectivity index (χ1) is 4.29. The fourth-order valence-electron chi connectivity index (χ4n) is 1.75. The molecule has 3 heterocycles. The summed E-state index contributed by atoms with van der Waals surface area (Å²) in [4.78, 5) is 0. The Morgan fingerprint density at radius 3 is 2.67 bits per heavy atom. The first-order valence-electron chi connectivity index (χ1n) is 3.77. The molecule has 2 N–H and O–H groups in total. The van der Waals surface area contributed by atoms with E-state index in [0.717, 1.165) is 12.6 Å². The zero-order valence-corrected chi connectivity index (χ0v) is 5.91. The molecule has 2 atom stereocenters. The van der Waals surface area contributed by atoms with Gasteiger partial charge in [0.25, 0.3) is 0 Å². The molecule has 0 aromatic heterocycles. The summed E-state index contributed by atoms with van der Waals surface area (Å²) in [6.07, 6.45) is 2.72. The standard InChI is InChI=1S/C7H14N2/c1-7-3-2-6(4-9-7)8-5-7/h6,8-9H,2-5H2,1H3. The molecule has 52 valence electrons. The van der Waals surface area contributed by atoms with Crippen LogP contribution < -0.4 is 10.6 Å². The highest BCUT2D eigenvalue weighted by atomic mass is 15.1. The van der Waals surface area contributed by atoms with E-state index in [4.69, 9.17) is 0 Å². The molecule has 2 unspecified atom stereocenters. The third-order valence-electron chi connectivity index (χ3n) is 2.60. The molecule has 3 saturated heterocycles. The van der Waals surface area contributed by atoms with Crippen LogP contribution in [0.1, 0.15) is 19.8 Å². The number of nitrogens with one attached hydrogen (secondary N) is 2. The van der Waals surface area contributed by atoms with Crippen molar-refractivity contribution in [1.82, 2.24) is 10.6 Å². The number of rotatable bonds is 0. The van der Waals surface area contributed by atoms with Crippen molar-refractivity contribution in [3.05, 3.63) is 0 Å². The van der Waals surface area contributed by atoms with Gasteiger partial charge in [0.15, 0.2) is 0 Å². The van der Waals surface area contributed by atoms with Crippen molar-refractivity contribution in [2.24, 2.45) is 0 Å². The fourth-order valence-corrected chi connectivity index (χ4v) is 1.75. The van der Waals surface area contributed by atoms with E-state index in [0.29, 0.717) is 5.54 Å². The van der Waals surface area contributed by atoms with Crippen molar-refractivity contribution in [2.75, 3.05) is 13.1 Å². The van der Waals surface area contributed by atoms with E-state index in [9.17, 15) is 0 Å². The van der Waals surface area contributed by atoms with Crippen molar-refractivity contribution in [3.8, 4) is 0 Å². The van der Waals surface area contributed by atoms with Gasteiger partial charge in [-0.25, -0.2) is 0 Å². The van der Waals surface area contributed by atoms with E-state index >= 15 is 0 Å². The normalized spacial score (nSPS) is 49.7. The van der Waals surface area contributed by atoms with Crippen molar-refractivity contribution in [2.45, 2.75) is 31.3 Å². The molecule has 3 fully saturated rings. The summed E-state index contributed by atoms with van der Waals surface area (Å²) in [7, 11) is 0. The van der Waals surface area contributed by atoms with E-state index in [1.807, 2.05) is 0 Å². The molecule has 0 spiro atoms. The predicted octanol–water partition coefficient (Wildman–Crippen LogP) is 0.100. The van der Waals surface area contributed by atoms with Crippen LogP contribution in [0, 0.1) is 0 Å². The maximum atomic E-state index is 3.53. The predicted molar refractivity (Wildman–Crippen MR) is 37.4 cm³/mol. The second kappa shape index (κ2) is 1.70. The van der Waals surface area contributed by atoms with Crippen molar-refractivity contribution >= 4 is 0 Å². The lowest BCUT2D eigenvalue weighted by Gasteiger charge is -2.45. The second-order valence-electron chi connectivity index (χ2n) is 3.56. The summed E-state index contributed by atoms with van der Waals surface area (Å²) < 4.78 is 0. The van der Waals surface area contributed by atoms with Crippen LogP contribution in [0.4, 0.5) is 0 Å². The Balaban J connectivity index is 2.11. The average Bonchev–Trinajstić information content (AvgIpc) is 1.90. The number of hydrogen-bond acceptors (Lipinski definition) is 2. The van der Waals surface area contributed by atoms with Crippen LogP contribution in [0.2, 0.25) is 0 Å². The Bertz CT molecular complexity index is 100. The minimum absolute atomic E-state index is 0.425. The van der Waals surface area contributed by atoms with Crippen LogP contribution in [0.25, 0.3) is 0 Å². The largest absolute Gasteiger partial charge is 0.311 e. The van der Waals surface area contributed by atoms with E-state index in [-0.39, 0.29) is 0 Å². The van der Waals surface area contributed by atoms with Crippen LogP contribution in [0.15, 0.2) is 0 Å². The molecule has 3 aliphatic rings. The van der Waals surface area contributed by atoms with Gasteiger partial charge >= 0.3 is 0 Å². The average molecular weight is 126 g/mol. The van der Waals surface area contributed by atoms with Crippen LogP contribution >= 0.6 is 0 Å². The molecule has 2 nitrogen and oxygen atoms in total. The third-order valence-corrected chi connectivity index (χ3v) is 2.60. The highest BCUT2D eigenvalue weighted by Crippen LogP contribution is 2.22. The minimum atomic E-state index is 0.425. The van der Waals surface area contributed by atoms with Gasteiger partial charge in [0.1, 0.15) is 0 Å². The molecule has 2 bridgehead atoms. The van der Waals surface area contributed by atoms with Gasteiger partial charge in [0.05, 0.1) is 0 Å². The molecule has 0 radical (unpaired) electrons. The summed E-state index contributed by atoms with van der Waals surface area (Å²) >= 11 is 0. The van der Waals surface area contributed by atoms with Crippen LogP contribution in [0.3, 0.4) is 0 Å². The van der Waals surface area contributed by atoms with Gasteiger partial charge in [-0.3, -0.25) is 0 Å². The molecule has 0 aromatic carbocycles. The molecule has 0 amide bonds. The Morgan fingerprint density at radius 2 is 2.44 bits per heavy atom. The van der Waals surface area contributed by atoms with Gasteiger partial charge in [-0.05, 0) is 19.8 Å². The van der Waals surface area contributed by atoms with Gasteiger partial charge in [-0.2, -0.15) is 0 Å². The maximum Gasteiger partial charge on any atom is 0.0279 e. The molecule has 3 rings (SSSR count). The van der Waals surface area contributed by atoms with Gasteiger partial charge in [0, 0.05) is 24.7 Å². The molecular weight excluding hydrogens is 112 g/mol. The molecule has 0 aliphatic carbocycles. The topological polar surface area (TPSA) is 24.1 Å². The number of piperidine rings is 2. The zero-order valence-electron chi connectivity index (χ0n) is 5.91. The highest BCUT2D eigenvalue weighted by molar-refractivity contribution is 4.99. The summed E-state index contributed by atoms with van der Waals surface area (Å²) in [5.74, 6) is 0. The Morgan fingerprint density at radius 1 is 1.56 bits per heavy atom. The zero-order chi connectivity index (χ0) is 6.32. The number of fused-ring (bicyclic) bond motifs is 3. The molecule has 2 heteroatoms. The first-order valence-corrected chi connectivity index (χ1v) is 3.77. The van der Waals surface area contributed by atoms with E-state index in [2.05, 4.69) is 17.6 Å². The Labute approximate surface area is 56.0 Å². The molecule has 0 saturated carbocycles. The summed E-state index contributed by atoms with van der Waals surface area (Å²) in [5, 5.41) is 7.03. The molecule has 0 aromatic rings. The Hall–Kier alpha value is -0.0800. The number of hydrogen-bond donors (Lipinski definition) is 2. The minimum Gasteiger partial charge on any atom is -0.311 e. The van der Waals surface area contributed by atoms with Gasteiger partial charge < -0.3 is 10.6 Å². The smallest absolute Gasteiger partial charge is 0.0279 e. The molecular formula is C7H14N2.